The highest BCUT2D eigenvalue weighted by molar-refractivity contribution is 5.66. The lowest BCUT2D eigenvalue weighted by Crippen LogP contribution is -2.55. The van der Waals surface area contributed by atoms with Crippen LogP contribution in [0.25, 0.3) is 0 Å². The van der Waals surface area contributed by atoms with Crippen LogP contribution < -0.4 is 0 Å². The van der Waals surface area contributed by atoms with Crippen LogP contribution in [0, 0.1) is 34.5 Å². The summed E-state index contributed by atoms with van der Waals surface area (Å²) in [4.78, 5) is 11.4. The summed E-state index contributed by atoms with van der Waals surface area (Å²) in [7, 11) is 0. The molecule has 0 saturated heterocycles. The Bertz CT molecular complexity index is 709. The van der Waals surface area contributed by atoms with Crippen molar-refractivity contribution in [1.82, 2.24) is 0 Å². The molecule has 0 aromatic rings. The van der Waals surface area contributed by atoms with Gasteiger partial charge in [-0.15, -0.1) is 0 Å². The minimum atomic E-state index is -0.459. The first-order valence-electron chi connectivity index (χ1n) is 11.1. The summed E-state index contributed by atoms with van der Waals surface area (Å²) in [5.74, 6) is 1.64. The van der Waals surface area contributed by atoms with Gasteiger partial charge in [-0.2, -0.15) is 0 Å². The second-order valence-corrected chi connectivity index (χ2v) is 10.2. The van der Waals surface area contributed by atoms with Crippen LogP contribution in [0.4, 0.5) is 0 Å². The Kier molecular flexibility index (Phi) is 5.03. The summed E-state index contributed by atoms with van der Waals surface area (Å²) in [6.07, 6.45) is 9.85. The van der Waals surface area contributed by atoms with Gasteiger partial charge in [-0.1, -0.05) is 44.1 Å². The number of fused-ring (bicyclic) bond motifs is 5. The molecule has 0 aliphatic heterocycles. The summed E-state index contributed by atoms with van der Waals surface area (Å²) >= 11 is 0. The van der Waals surface area contributed by atoms with Crippen LogP contribution in [0.15, 0.2) is 23.3 Å². The third-order valence-corrected chi connectivity index (χ3v) is 8.94. The summed E-state index contributed by atoms with van der Waals surface area (Å²) in [5.41, 5.74) is 2.74. The van der Waals surface area contributed by atoms with E-state index in [0.717, 1.165) is 32.1 Å². The number of esters is 1. The van der Waals surface area contributed by atoms with Gasteiger partial charge in [0.2, 0.25) is 0 Å². The lowest BCUT2D eigenvalue weighted by molar-refractivity contribution is -0.154. The number of aliphatic hydroxyl groups excluding tert-OH is 2. The average molecular weight is 389 g/mol. The lowest BCUT2D eigenvalue weighted by Gasteiger charge is -2.59. The fraction of sp³-hybridized carbons (Fsp3) is 0.792. The van der Waals surface area contributed by atoms with Gasteiger partial charge in [0.15, 0.2) is 0 Å². The minimum Gasteiger partial charge on any atom is -0.462 e. The van der Waals surface area contributed by atoms with Gasteiger partial charge in [-0.05, 0) is 48.9 Å². The molecular weight excluding hydrogens is 352 g/mol. The zero-order valence-corrected chi connectivity index (χ0v) is 17.8. The zero-order valence-electron chi connectivity index (χ0n) is 17.8. The van der Waals surface area contributed by atoms with Gasteiger partial charge in [-0.3, -0.25) is 4.79 Å². The molecule has 8 atom stereocenters. The van der Waals surface area contributed by atoms with Crippen molar-refractivity contribution in [2.45, 2.75) is 78.4 Å². The van der Waals surface area contributed by atoms with Crippen LogP contribution >= 0.6 is 0 Å². The first-order valence-corrected chi connectivity index (χ1v) is 11.1. The quantitative estimate of drug-likeness (QED) is 0.566. The summed E-state index contributed by atoms with van der Waals surface area (Å²) in [6.45, 7) is 8.48. The molecule has 0 heterocycles. The van der Waals surface area contributed by atoms with E-state index in [1.807, 2.05) is 0 Å². The fourth-order valence-electron chi connectivity index (χ4n) is 7.47. The molecule has 0 unspecified atom stereocenters. The number of aliphatic hydroxyl groups is 2. The van der Waals surface area contributed by atoms with Gasteiger partial charge in [0.1, 0.15) is 6.10 Å². The molecule has 4 aliphatic rings. The fourth-order valence-corrected chi connectivity index (χ4v) is 7.47. The number of rotatable bonds is 3. The Morgan fingerprint density at radius 3 is 2.71 bits per heavy atom. The Balaban J connectivity index is 1.61. The summed E-state index contributed by atoms with van der Waals surface area (Å²) < 4.78 is 5.46. The number of ether oxygens (including phenoxy) is 1. The Morgan fingerprint density at radius 1 is 1.29 bits per heavy atom. The molecular formula is C24H36O4. The molecule has 0 aromatic carbocycles. The van der Waals surface area contributed by atoms with Crippen LogP contribution in [0.1, 0.15) is 66.2 Å². The van der Waals surface area contributed by atoms with Gasteiger partial charge < -0.3 is 14.9 Å². The maximum absolute atomic E-state index is 11.4. The van der Waals surface area contributed by atoms with E-state index in [1.165, 1.54) is 18.1 Å². The highest BCUT2D eigenvalue weighted by Crippen LogP contribution is 2.65. The monoisotopic (exact) mass is 388 g/mol. The predicted molar refractivity (Wildman–Crippen MR) is 108 cm³/mol. The molecule has 0 aromatic heterocycles. The molecule has 28 heavy (non-hydrogen) atoms. The molecule has 0 bridgehead atoms. The number of hydrogen-bond donors (Lipinski definition) is 2. The van der Waals surface area contributed by atoms with Crippen LogP contribution in [0.2, 0.25) is 0 Å². The van der Waals surface area contributed by atoms with E-state index in [0.29, 0.717) is 24.2 Å². The second kappa shape index (κ2) is 6.98. The lowest BCUT2D eigenvalue weighted by atomic mass is 9.46. The molecule has 0 spiro atoms. The maximum Gasteiger partial charge on any atom is 0.302 e. The van der Waals surface area contributed by atoms with E-state index < -0.39 is 6.10 Å². The average Bonchev–Trinajstić information content (AvgIpc) is 2.99. The third kappa shape index (κ3) is 2.82. The molecule has 0 amide bonds. The third-order valence-electron chi connectivity index (χ3n) is 8.94. The second-order valence-electron chi connectivity index (χ2n) is 10.2. The summed E-state index contributed by atoms with van der Waals surface area (Å²) in [6, 6.07) is 0. The van der Waals surface area contributed by atoms with Gasteiger partial charge in [0, 0.05) is 37.7 Å². The highest BCUT2D eigenvalue weighted by atomic mass is 16.5. The predicted octanol–water partition coefficient (Wildman–Crippen LogP) is 4.02. The molecule has 2 fully saturated rings. The van der Waals surface area contributed by atoms with Crippen molar-refractivity contribution in [3.8, 4) is 0 Å². The molecule has 4 rings (SSSR count). The van der Waals surface area contributed by atoms with Crippen molar-refractivity contribution in [3.63, 3.8) is 0 Å². The maximum atomic E-state index is 11.4. The Morgan fingerprint density at radius 2 is 2.04 bits per heavy atom. The van der Waals surface area contributed by atoms with E-state index in [2.05, 4.69) is 32.9 Å². The largest absolute Gasteiger partial charge is 0.462 e. The van der Waals surface area contributed by atoms with Crippen LogP contribution in [-0.2, 0) is 9.53 Å². The van der Waals surface area contributed by atoms with Crippen molar-refractivity contribution < 1.29 is 19.7 Å². The first-order chi connectivity index (χ1) is 13.2. The normalized spacial score (nSPS) is 45.9. The SMILES string of the molecule is CC(=O)O[C@@H]1CC2=CC[C@@H]3[C@H](CC[C@]4(C)C([C@H](C)CO)=CC[C@@H]34)[C@@]2(C)[C@@H](O)C1. The topological polar surface area (TPSA) is 66.8 Å². The summed E-state index contributed by atoms with van der Waals surface area (Å²) in [5, 5.41) is 20.9. The van der Waals surface area contributed by atoms with Crippen LogP contribution in [-0.4, -0.2) is 35.0 Å². The number of carbonyl (C=O) groups is 1. The van der Waals surface area contributed by atoms with Crippen molar-refractivity contribution in [1.29, 1.82) is 0 Å². The van der Waals surface area contributed by atoms with Gasteiger partial charge >= 0.3 is 5.97 Å². The minimum absolute atomic E-state index is 0.185. The first kappa shape index (κ1) is 20.2. The number of hydrogen-bond acceptors (Lipinski definition) is 4. The van der Waals surface area contributed by atoms with Crippen molar-refractivity contribution in [2.75, 3.05) is 6.61 Å². The number of allylic oxidation sites excluding steroid dienone is 2. The van der Waals surface area contributed by atoms with Gasteiger partial charge in [0.05, 0.1) is 6.10 Å². The zero-order chi connectivity index (χ0) is 20.3. The van der Waals surface area contributed by atoms with Crippen LogP contribution in [0.3, 0.4) is 0 Å². The molecule has 4 nitrogen and oxygen atoms in total. The van der Waals surface area contributed by atoms with E-state index >= 15 is 0 Å². The molecule has 0 radical (unpaired) electrons. The standard InChI is InChI=1S/C24H36O4/c1-14(13-25)19-7-8-20-18-6-5-16-11-17(28-15(2)26)12-22(27)24(16,4)21(18)9-10-23(19,20)3/h5,7,14,17-18,20-22,25,27H,6,8-13H2,1-4H3/t14-,17-,18+,20+,21+,22+,23-,24+/m1/s1. The van der Waals surface area contributed by atoms with E-state index in [4.69, 9.17) is 4.74 Å². The van der Waals surface area contributed by atoms with Crippen LogP contribution in [0.5, 0.6) is 0 Å². The van der Waals surface area contributed by atoms with Gasteiger partial charge in [0.25, 0.3) is 0 Å². The van der Waals surface area contributed by atoms with E-state index in [9.17, 15) is 15.0 Å². The van der Waals surface area contributed by atoms with E-state index in [-0.39, 0.29) is 35.4 Å². The molecule has 4 aliphatic carbocycles. The van der Waals surface area contributed by atoms with E-state index in [1.54, 1.807) is 0 Å². The van der Waals surface area contributed by atoms with Crippen molar-refractivity contribution >= 4 is 5.97 Å². The molecule has 156 valence electrons. The smallest absolute Gasteiger partial charge is 0.302 e. The van der Waals surface area contributed by atoms with Gasteiger partial charge in [-0.25, -0.2) is 0 Å². The van der Waals surface area contributed by atoms with Crippen molar-refractivity contribution in [3.05, 3.63) is 23.3 Å². The number of carbonyl (C=O) groups excluding carboxylic acids is 1. The highest BCUT2D eigenvalue weighted by Gasteiger charge is 2.59. The molecule has 2 saturated carbocycles. The van der Waals surface area contributed by atoms with Crippen molar-refractivity contribution in [2.24, 2.45) is 34.5 Å². The molecule has 2 N–H and O–H groups in total. The molecule has 4 heteroatoms. The Hall–Kier alpha value is -1.13. The Labute approximate surface area is 169 Å².